The van der Waals surface area contributed by atoms with E-state index in [0.717, 1.165) is 12.8 Å². The van der Waals surface area contributed by atoms with Gasteiger partial charge in [0.2, 0.25) is 11.6 Å². The predicted octanol–water partition coefficient (Wildman–Crippen LogP) is 3.33. The maximum atomic E-state index is 12.3. The number of carbonyl (C=O) groups excluding carboxylic acids is 2. The van der Waals surface area contributed by atoms with Crippen LogP contribution in [-0.4, -0.2) is 21.8 Å². The van der Waals surface area contributed by atoms with Crippen LogP contribution in [0.1, 0.15) is 54.6 Å². The van der Waals surface area contributed by atoms with Crippen LogP contribution < -0.4 is 0 Å². The predicted molar refractivity (Wildman–Crippen MR) is 84.3 cm³/mol. The van der Waals surface area contributed by atoms with Crippen LogP contribution in [0.5, 0.6) is 11.5 Å². The summed E-state index contributed by atoms with van der Waals surface area (Å²) in [4.78, 5) is 24.5. The van der Waals surface area contributed by atoms with E-state index in [1.807, 2.05) is 26.0 Å². The van der Waals surface area contributed by atoms with Crippen LogP contribution in [0.3, 0.4) is 0 Å². The molecule has 4 nitrogen and oxygen atoms in total. The Bertz CT molecular complexity index is 628. The molecule has 1 aromatic rings. The fraction of sp³-hybridized carbons (Fsp3) is 0.444. The second-order valence-corrected chi connectivity index (χ2v) is 5.75. The van der Waals surface area contributed by atoms with Crippen LogP contribution in [0.15, 0.2) is 18.2 Å². The summed E-state index contributed by atoms with van der Waals surface area (Å²) >= 11 is 0. The topological polar surface area (TPSA) is 74.6 Å². The molecule has 118 valence electrons. The highest BCUT2D eigenvalue weighted by Gasteiger charge is 2.37. The zero-order chi connectivity index (χ0) is 16.3. The third kappa shape index (κ3) is 2.91. The summed E-state index contributed by atoms with van der Waals surface area (Å²) < 4.78 is 0. The largest absolute Gasteiger partial charge is 0.508 e. The van der Waals surface area contributed by atoms with Crippen molar-refractivity contribution in [1.82, 2.24) is 0 Å². The zero-order valence-corrected chi connectivity index (χ0v) is 13.1. The smallest absolute Gasteiger partial charge is 0.232 e. The molecule has 0 amide bonds. The SMILES string of the molecule is CC=CCC1Cc2c(CCCC)c(O)cc(O)c2C(=O)C1=O. The lowest BCUT2D eigenvalue weighted by molar-refractivity contribution is -0.118. The monoisotopic (exact) mass is 302 g/mol. The van der Waals surface area contributed by atoms with E-state index in [9.17, 15) is 19.8 Å². The molecule has 0 aromatic heterocycles. The second kappa shape index (κ2) is 6.77. The minimum Gasteiger partial charge on any atom is -0.508 e. The van der Waals surface area contributed by atoms with Gasteiger partial charge in [-0.05, 0) is 43.7 Å². The molecule has 0 radical (unpaired) electrons. The Labute approximate surface area is 130 Å². The van der Waals surface area contributed by atoms with Crippen molar-refractivity contribution in [3.8, 4) is 11.5 Å². The average molecular weight is 302 g/mol. The average Bonchev–Trinajstić information content (AvgIpc) is 2.48. The lowest BCUT2D eigenvalue weighted by Gasteiger charge is -2.25. The summed E-state index contributed by atoms with van der Waals surface area (Å²) in [6.45, 7) is 3.92. The molecule has 0 spiro atoms. The first-order valence-electron chi connectivity index (χ1n) is 7.77. The van der Waals surface area contributed by atoms with Crippen LogP contribution >= 0.6 is 0 Å². The maximum absolute atomic E-state index is 12.3. The molecule has 0 heterocycles. The Morgan fingerprint density at radius 1 is 1.27 bits per heavy atom. The molecule has 1 aliphatic carbocycles. The van der Waals surface area contributed by atoms with Gasteiger partial charge in [0.05, 0.1) is 5.56 Å². The highest BCUT2D eigenvalue weighted by molar-refractivity contribution is 6.46. The first kappa shape index (κ1) is 16.3. The van der Waals surface area contributed by atoms with Crippen molar-refractivity contribution >= 4 is 11.6 Å². The number of phenolic OH excluding ortho intramolecular Hbond substituents is 2. The Balaban J connectivity index is 2.51. The van der Waals surface area contributed by atoms with Gasteiger partial charge in [-0.25, -0.2) is 0 Å². The highest BCUT2D eigenvalue weighted by atomic mass is 16.3. The van der Waals surface area contributed by atoms with E-state index in [-0.39, 0.29) is 17.1 Å². The quantitative estimate of drug-likeness (QED) is 0.646. The molecule has 1 unspecified atom stereocenters. The van der Waals surface area contributed by atoms with Crippen molar-refractivity contribution in [2.24, 2.45) is 5.92 Å². The summed E-state index contributed by atoms with van der Waals surface area (Å²) in [7, 11) is 0. The normalized spacial score (nSPS) is 18.0. The molecule has 1 aliphatic rings. The lowest BCUT2D eigenvalue weighted by Crippen LogP contribution is -2.32. The number of aromatic hydroxyl groups is 2. The molecule has 2 N–H and O–H groups in total. The number of rotatable bonds is 5. The first-order valence-corrected chi connectivity index (χ1v) is 7.77. The van der Waals surface area contributed by atoms with Crippen molar-refractivity contribution < 1.29 is 19.8 Å². The van der Waals surface area contributed by atoms with E-state index in [4.69, 9.17) is 0 Å². The van der Waals surface area contributed by atoms with E-state index in [1.54, 1.807) is 0 Å². The summed E-state index contributed by atoms with van der Waals surface area (Å²) in [6, 6.07) is 1.18. The molecule has 0 saturated carbocycles. The highest BCUT2D eigenvalue weighted by Crippen LogP contribution is 2.39. The van der Waals surface area contributed by atoms with Crippen LogP contribution in [0, 0.1) is 5.92 Å². The number of carbonyl (C=O) groups is 2. The molecule has 1 aromatic carbocycles. The molecule has 0 bridgehead atoms. The summed E-state index contributed by atoms with van der Waals surface area (Å²) in [5, 5.41) is 20.1. The minimum atomic E-state index is -0.633. The molecular formula is C18H22O4. The molecule has 0 fully saturated rings. The standard InChI is InChI=1S/C18H22O4/c1-3-5-7-11-9-13-12(8-6-4-2)14(19)10-15(20)16(13)18(22)17(11)21/h3,5,10-11,19-20H,4,6-9H2,1-2H3. The van der Waals surface area contributed by atoms with Gasteiger partial charge in [0.15, 0.2) is 0 Å². The van der Waals surface area contributed by atoms with Crippen molar-refractivity contribution in [3.05, 3.63) is 34.9 Å². The van der Waals surface area contributed by atoms with Gasteiger partial charge in [-0.2, -0.15) is 0 Å². The molecule has 0 saturated heterocycles. The van der Waals surface area contributed by atoms with Gasteiger partial charge in [0.1, 0.15) is 11.5 Å². The molecule has 1 atom stereocenters. The van der Waals surface area contributed by atoms with Crippen molar-refractivity contribution in [1.29, 1.82) is 0 Å². The number of Topliss-reactive ketones (excluding diaryl/α,β-unsaturated/α-hetero) is 2. The Hall–Kier alpha value is -2.10. The lowest BCUT2D eigenvalue weighted by atomic mass is 9.77. The number of unbranched alkanes of at least 4 members (excludes halogenated alkanes) is 1. The Morgan fingerprint density at radius 3 is 2.64 bits per heavy atom. The van der Waals surface area contributed by atoms with Gasteiger partial charge in [-0.3, -0.25) is 9.59 Å². The van der Waals surface area contributed by atoms with Gasteiger partial charge in [-0.1, -0.05) is 25.5 Å². The second-order valence-electron chi connectivity index (χ2n) is 5.75. The van der Waals surface area contributed by atoms with E-state index >= 15 is 0 Å². The van der Waals surface area contributed by atoms with Gasteiger partial charge in [0, 0.05) is 12.0 Å². The van der Waals surface area contributed by atoms with Gasteiger partial charge in [0.25, 0.3) is 0 Å². The Morgan fingerprint density at radius 2 is 2.00 bits per heavy atom. The van der Waals surface area contributed by atoms with Crippen LogP contribution in [0.4, 0.5) is 0 Å². The number of hydrogen-bond acceptors (Lipinski definition) is 4. The molecule has 4 heteroatoms. The number of fused-ring (bicyclic) bond motifs is 1. The fourth-order valence-electron chi connectivity index (χ4n) is 3.00. The fourth-order valence-corrected chi connectivity index (χ4v) is 3.00. The molecule has 0 aliphatic heterocycles. The molecular weight excluding hydrogens is 280 g/mol. The van der Waals surface area contributed by atoms with E-state index in [1.165, 1.54) is 6.07 Å². The molecule has 22 heavy (non-hydrogen) atoms. The van der Waals surface area contributed by atoms with Crippen molar-refractivity contribution in [2.45, 2.75) is 46.0 Å². The number of allylic oxidation sites excluding steroid dienone is 2. The Kier molecular flexibility index (Phi) is 5.01. The summed E-state index contributed by atoms with van der Waals surface area (Å²) in [5.74, 6) is -1.77. The van der Waals surface area contributed by atoms with Crippen molar-refractivity contribution in [3.63, 3.8) is 0 Å². The minimum absolute atomic E-state index is 0.0108. The number of phenols is 2. The zero-order valence-electron chi connectivity index (χ0n) is 13.1. The first-order chi connectivity index (χ1) is 10.5. The third-order valence-electron chi connectivity index (χ3n) is 4.21. The van der Waals surface area contributed by atoms with E-state index < -0.39 is 17.5 Å². The van der Waals surface area contributed by atoms with E-state index in [0.29, 0.717) is 30.4 Å². The number of hydrogen-bond donors (Lipinski definition) is 2. The summed E-state index contributed by atoms with van der Waals surface area (Å²) in [6.07, 6.45) is 7.11. The van der Waals surface area contributed by atoms with Gasteiger partial charge < -0.3 is 10.2 Å². The number of ketones is 2. The van der Waals surface area contributed by atoms with Crippen molar-refractivity contribution in [2.75, 3.05) is 0 Å². The maximum Gasteiger partial charge on any atom is 0.232 e. The van der Waals surface area contributed by atoms with Crippen LogP contribution in [0.2, 0.25) is 0 Å². The van der Waals surface area contributed by atoms with Gasteiger partial charge in [-0.15, -0.1) is 0 Å². The van der Waals surface area contributed by atoms with Gasteiger partial charge >= 0.3 is 0 Å². The third-order valence-corrected chi connectivity index (χ3v) is 4.21. The summed E-state index contributed by atoms with van der Waals surface area (Å²) in [5.41, 5.74) is 1.43. The van der Waals surface area contributed by atoms with Crippen LogP contribution in [0.25, 0.3) is 0 Å². The molecule has 2 rings (SSSR count). The number of benzene rings is 1. The van der Waals surface area contributed by atoms with Crippen LogP contribution in [-0.2, 0) is 17.6 Å². The van der Waals surface area contributed by atoms with E-state index in [2.05, 4.69) is 0 Å².